The molecule has 2 heterocycles. The molecule has 176 valence electrons. The van der Waals surface area contributed by atoms with Crippen LogP contribution >= 0.6 is 0 Å². The Balaban J connectivity index is 1.72. The normalized spacial score (nSPS) is 11.3. The third-order valence-electron chi connectivity index (χ3n) is 6.04. The lowest BCUT2D eigenvalue weighted by molar-refractivity contribution is -0.141. The third-order valence-corrected chi connectivity index (χ3v) is 6.04. The standard InChI is InChI=1S/C28H26N4O3/c1-19(33)35-32-26-17-21(20-9-3-2-4-10-20)13-14-24(26)30-27(28(32)34)23-18-31(16-8-7-15-29)25-12-6-5-11-22(23)25/h2-6,9-14,17-18H,7-8,15-16,29H2,1H3. The highest BCUT2D eigenvalue weighted by atomic mass is 16.7. The van der Waals surface area contributed by atoms with E-state index < -0.39 is 11.5 Å². The fourth-order valence-corrected chi connectivity index (χ4v) is 4.41. The van der Waals surface area contributed by atoms with E-state index in [1.165, 1.54) is 6.92 Å². The average Bonchev–Trinajstić information content (AvgIpc) is 3.24. The maximum absolute atomic E-state index is 13.7. The highest BCUT2D eigenvalue weighted by molar-refractivity contribution is 5.96. The van der Waals surface area contributed by atoms with Gasteiger partial charge in [0.2, 0.25) is 0 Å². The van der Waals surface area contributed by atoms with Crippen molar-refractivity contribution >= 4 is 27.9 Å². The van der Waals surface area contributed by atoms with Gasteiger partial charge < -0.3 is 15.1 Å². The molecule has 0 aliphatic rings. The van der Waals surface area contributed by atoms with E-state index in [4.69, 9.17) is 15.6 Å². The van der Waals surface area contributed by atoms with Gasteiger partial charge in [-0.1, -0.05) is 54.6 Å². The minimum atomic E-state index is -0.583. The maximum atomic E-state index is 13.7. The summed E-state index contributed by atoms with van der Waals surface area (Å²) in [5.74, 6) is -0.583. The number of carbonyl (C=O) groups is 1. The van der Waals surface area contributed by atoms with E-state index in [-0.39, 0.29) is 5.69 Å². The van der Waals surface area contributed by atoms with Crippen LogP contribution in [0.1, 0.15) is 19.8 Å². The summed E-state index contributed by atoms with van der Waals surface area (Å²) in [6.45, 7) is 2.70. The minimum absolute atomic E-state index is 0.236. The molecule has 0 radical (unpaired) electrons. The molecule has 0 amide bonds. The fourth-order valence-electron chi connectivity index (χ4n) is 4.41. The molecule has 2 aromatic heterocycles. The van der Waals surface area contributed by atoms with Gasteiger partial charge in [0.05, 0.1) is 5.52 Å². The van der Waals surface area contributed by atoms with E-state index in [1.54, 1.807) is 0 Å². The smallest absolute Gasteiger partial charge is 0.330 e. The van der Waals surface area contributed by atoms with Gasteiger partial charge in [-0.15, -0.1) is 4.73 Å². The monoisotopic (exact) mass is 466 g/mol. The van der Waals surface area contributed by atoms with Crippen molar-refractivity contribution in [3.63, 3.8) is 0 Å². The largest absolute Gasteiger partial charge is 0.347 e. The van der Waals surface area contributed by atoms with Crippen LogP contribution in [0.4, 0.5) is 0 Å². The molecule has 0 unspecified atom stereocenters. The SMILES string of the molecule is CC(=O)On1c(=O)c(-c2cn(CCCCN)c3ccccc23)nc2ccc(-c3ccccc3)cc21. The Hall–Kier alpha value is -4.23. The van der Waals surface area contributed by atoms with Crippen LogP contribution in [0.25, 0.3) is 44.3 Å². The molecule has 5 rings (SSSR count). The van der Waals surface area contributed by atoms with E-state index in [0.29, 0.717) is 23.1 Å². The number of nitrogens with zero attached hydrogens (tertiary/aromatic N) is 3. The number of rotatable bonds is 7. The molecule has 35 heavy (non-hydrogen) atoms. The zero-order valence-electron chi connectivity index (χ0n) is 19.5. The van der Waals surface area contributed by atoms with E-state index in [9.17, 15) is 9.59 Å². The summed E-state index contributed by atoms with van der Waals surface area (Å²) >= 11 is 0. The van der Waals surface area contributed by atoms with Crippen molar-refractivity contribution in [1.82, 2.24) is 14.3 Å². The van der Waals surface area contributed by atoms with Crippen molar-refractivity contribution in [3.05, 3.63) is 89.3 Å². The molecule has 7 heteroatoms. The predicted octanol–water partition coefficient (Wildman–Crippen LogP) is 4.40. The first-order chi connectivity index (χ1) is 17.1. The zero-order chi connectivity index (χ0) is 24.4. The second-order valence-electron chi connectivity index (χ2n) is 8.46. The Morgan fingerprint density at radius 2 is 1.71 bits per heavy atom. The van der Waals surface area contributed by atoms with Gasteiger partial charge in [0.1, 0.15) is 11.2 Å². The summed E-state index contributed by atoms with van der Waals surface area (Å²) in [7, 11) is 0. The second kappa shape index (κ2) is 9.56. The first kappa shape index (κ1) is 22.6. The zero-order valence-corrected chi connectivity index (χ0v) is 19.5. The number of fused-ring (bicyclic) bond motifs is 2. The Kier molecular flexibility index (Phi) is 6.16. The van der Waals surface area contributed by atoms with Crippen molar-refractivity contribution in [2.24, 2.45) is 5.73 Å². The van der Waals surface area contributed by atoms with Gasteiger partial charge >= 0.3 is 11.5 Å². The van der Waals surface area contributed by atoms with E-state index in [2.05, 4.69) is 4.57 Å². The van der Waals surface area contributed by atoms with Crippen LogP contribution in [-0.4, -0.2) is 26.8 Å². The minimum Gasteiger partial charge on any atom is -0.347 e. The van der Waals surface area contributed by atoms with Crippen LogP contribution in [0.3, 0.4) is 0 Å². The van der Waals surface area contributed by atoms with Gasteiger partial charge in [0.15, 0.2) is 0 Å². The summed E-state index contributed by atoms with van der Waals surface area (Å²) in [5, 5.41) is 0.916. The predicted molar refractivity (Wildman–Crippen MR) is 138 cm³/mol. The number of aryl methyl sites for hydroxylation is 1. The van der Waals surface area contributed by atoms with E-state index in [1.807, 2.05) is 79.0 Å². The van der Waals surface area contributed by atoms with Crippen LogP contribution < -0.4 is 16.1 Å². The molecule has 0 fully saturated rings. The number of benzene rings is 3. The van der Waals surface area contributed by atoms with Crippen molar-refractivity contribution in [3.8, 4) is 22.4 Å². The molecule has 2 N–H and O–H groups in total. The average molecular weight is 467 g/mol. The summed E-state index contributed by atoms with van der Waals surface area (Å²) in [5.41, 5.74) is 10.0. The quantitative estimate of drug-likeness (QED) is 0.359. The number of aromatic nitrogens is 3. The van der Waals surface area contributed by atoms with Crippen molar-refractivity contribution in [2.75, 3.05) is 6.54 Å². The molecule has 0 bridgehead atoms. The maximum Gasteiger partial charge on any atom is 0.330 e. The van der Waals surface area contributed by atoms with Gasteiger partial charge in [0, 0.05) is 36.1 Å². The van der Waals surface area contributed by atoms with Crippen LogP contribution in [0, 0.1) is 0 Å². The van der Waals surface area contributed by atoms with Crippen molar-refractivity contribution < 1.29 is 9.63 Å². The summed E-state index contributed by atoms with van der Waals surface area (Å²) < 4.78 is 3.19. The van der Waals surface area contributed by atoms with Crippen LogP contribution in [-0.2, 0) is 11.3 Å². The molecular weight excluding hydrogens is 440 g/mol. The van der Waals surface area contributed by atoms with Gasteiger partial charge in [-0.05, 0) is 48.7 Å². The van der Waals surface area contributed by atoms with Gasteiger partial charge in [-0.25, -0.2) is 9.78 Å². The summed E-state index contributed by atoms with van der Waals surface area (Å²) in [4.78, 5) is 35.8. The lowest BCUT2D eigenvalue weighted by atomic mass is 10.0. The molecular formula is C28H26N4O3. The summed E-state index contributed by atoms with van der Waals surface area (Å²) in [6, 6.07) is 23.3. The fraction of sp³-hybridized carbons (Fsp3) is 0.179. The molecule has 0 spiro atoms. The van der Waals surface area contributed by atoms with Gasteiger partial charge in [0.25, 0.3) is 0 Å². The Morgan fingerprint density at radius 3 is 2.49 bits per heavy atom. The number of nitrogens with two attached hydrogens (primary N) is 1. The van der Waals surface area contributed by atoms with Crippen molar-refractivity contribution in [1.29, 1.82) is 0 Å². The Bertz CT molecular complexity index is 1590. The van der Waals surface area contributed by atoms with Crippen LogP contribution in [0.5, 0.6) is 0 Å². The molecule has 0 saturated carbocycles. The Labute approximate surface area is 202 Å². The third kappa shape index (κ3) is 4.34. The molecule has 0 atom stereocenters. The van der Waals surface area contributed by atoms with Gasteiger partial charge in [-0.3, -0.25) is 4.79 Å². The molecule has 0 aliphatic carbocycles. The first-order valence-corrected chi connectivity index (χ1v) is 11.7. The number of hydrogen-bond donors (Lipinski definition) is 1. The highest BCUT2D eigenvalue weighted by Crippen LogP contribution is 2.30. The molecule has 0 saturated heterocycles. The molecule has 0 aliphatic heterocycles. The molecule has 3 aromatic carbocycles. The van der Waals surface area contributed by atoms with E-state index in [0.717, 1.165) is 46.1 Å². The van der Waals surface area contributed by atoms with Gasteiger partial charge in [-0.2, -0.15) is 0 Å². The lowest BCUT2D eigenvalue weighted by Gasteiger charge is -2.12. The highest BCUT2D eigenvalue weighted by Gasteiger charge is 2.20. The van der Waals surface area contributed by atoms with Crippen LogP contribution in [0.2, 0.25) is 0 Å². The number of carbonyl (C=O) groups excluding carboxylic acids is 1. The van der Waals surface area contributed by atoms with E-state index >= 15 is 0 Å². The van der Waals surface area contributed by atoms with Crippen molar-refractivity contribution in [2.45, 2.75) is 26.3 Å². The summed E-state index contributed by atoms with van der Waals surface area (Å²) in [6.07, 6.45) is 3.80. The van der Waals surface area contributed by atoms with Crippen LogP contribution in [0.15, 0.2) is 83.8 Å². The number of para-hydroxylation sites is 1. The Morgan fingerprint density at radius 1 is 0.943 bits per heavy atom. The molecule has 5 aromatic rings. The second-order valence-corrected chi connectivity index (χ2v) is 8.46. The topological polar surface area (TPSA) is 92.1 Å². The first-order valence-electron chi connectivity index (χ1n) is 11.7. The lowest BCUT2D eigenvalue weighted by Crippen LogP contribution is -2.31. The number of unbranched alkanes of at least 4 members (excludes halogenated alkanes) is 1. The molecule has 7 nitrogen and oxygen atoms in total. The number of hydrogen-bond acceptors (Lipinski definition) is 5.